The Morgan fingerprint density at radius 2 is 2.06 bits per heavy atom. The van der Waals surface area contributed by atoms with Gasteiger partial charge in [0.1, 0.15) is 5.76 Å². The van der Waals surface area contributed by atoms with Crippen molar-refractivity contribution in [1.29, 1.82) is 0 Å². The van der Waals surface area contributed by atoms with E-state index in [9.17, 15) is 5.11 Å². The minimum absolute atomic E-state index is 0.491. The molecule has 1 unspecified atom stereocenters. The Morgan fingerprint density at radius 1 is 1.25 bits per heavy atom. The summed E-state index contributed by atoms with van der Waals surface area (Å²) in [6.07, 6.45) is 1.11. The normalized spacial score (nSPS) is 12.6. The molecule has 0 radical (unpaired) electrons. The minimum Gasteiger partial charge on any atom is -0.387 e. The smallest absolute Gasteiger partial charge is 0.150 e. The highest BCUT2D eigenvalue weighted by atomic mass is 16.5. The lowest BCUT2D eigenvalue weighted by Gasteiger charge is -2.10. The summed E-state index contributed by atoms with van der Waals surface area (Å²) in [5.74, 6) is 0.764. The highest BCUT2D eigenvalue weighted by Crippen LogP contribution is 2.10. The molecule has 1 aromatic carbocycles. The van der Waals surface area contributed by atoms with Gasteiger partial charge >= 0.3 is 0 Å². The van der Waals surface area contributed by atoms with Crippen LogP contribution in [-0.2, 0) is 6.54 Å². The third-order valence-corrected chi connectivity index (χ3v) is 2.31. The third kappa shape index (κ3) is 2.92. The molecule has 0 saturated heterocycles. The highest BCUT2D eigenvalue weighted by Gasteiger charge is 2.06. The standard InChI is InChI=1S/C12H14N2O2/c15-12(10-4-2-1-3-5-10)9-13-8-11-6-7-14-16-11/h1-7,12-13,15H,8-9H2. The maximum atomic E-state index is 9.84. The lowest BCUT2D eigenvalue weighted by Crippen LogP contribution is -2.20. The first-order chi connectivity index (χ1) is 7.86. The van der Waals surface area contributed by atoms with Crippen molar-refractivity contribution in [2.45, 2.75) is 12.6 Å². The molecule has 0 bridgehead atoms. The summed E-state index contributed by atoms with van der Waals surface area (Å²) in [7, 11) is 0. The summed E-state index contributed by atoms with van der Waals surface area (Å²) in [4.78, 5) is 0. The van der Waals surface area contributed by atoms with Crippen LogP contribution in [0.3, 0.4) is 0 Å². The number of nitrogens with one attached hydrogen (secondary N) is 1. The van der Waals surface area contributed by atoms with Gasteiger partial charge in [-0.3, -0.25) is 0 Å². The van der Waals surface area contributed by atoms with Gasteiger partial charge in [-0.05, 0) is 5.56 Å². The number of hydrogen-bond donors (Lipinski definition) is 2. The Morgan fingerprint density at radius 3 is 2.75 bits per heavy atom. The lowest BCUT2D eigenvalue weighted by atomic mass is 10.1. The topological polar surface area (TPSA) is 58.3 Å². The Kier molecular flexibility index (Phi) is 3.69. The second-order valence-electron chi connectivity index (χ2n) is 3.54. The van der Waals surface area contributed by atoms with E-state index in [1.54, 1.807) is 12.3 Å². The van der Waals surface area contributed by atoms with Gasteiger partial charge in [0.15, 0.2) is 0 Å². The first-order valence-corrected chi connectivity index (χ1v) is 5.19. The largest absolute Gasteiger partial charge is 0.387 e. The first-order valence-electron chi connectivity index (χ1n) is 5.19. The molecule has 0 aliphatic rings. The monoisotopic (exact) mass is 218 g/mol. The van der Waals surface area contributed by atoms with Crippen LogP contribution in [-0.4, -0.2) is 16.8 Å². The Hall–Kier alpha value is -1.65. The maximum Gasteiger partial charge on any atom is 0.150 e. The number of benzene rings is 1. The number of aliphatic hydroxyl groups excluding tert-OH is 1. The predicted molar refractivity (Wildman–Crippen MR) is 59.6 cm³/mol. The average Bonchev–Trinajstić information content (AvgIpc) is 2.83. The zero-order chi connectivity index (χ0) is 11.2. The zero-order valence-electron chi connectivity index (χ0n) is 8.84. The number of rotatable bonds is 5. The fourth-order valence-corrected chi connectivity index (χ4v) is 1.46. The molecule has 0 saturated carbocycles. The van der Waals surface area contributed by atoms with Gasteiger partial charge in [-0.1, -0.05) is 35.5 Å². The van der Waals surface area contributed by atoms with Crippen LogP contribution in [0.2, 0.25) is 0 Å². The predicted octanol–water partition coefficient (Wildman–Crippen LogP) is 1.50. The van der Waals surface area contributed by atoms with Crippen molar-refractivity contribution < 1.29 is 9.63 Å². The van der Waals surface area contributed by atoms with Gasteiger partial charge < -0.3 is 14.9 Å². The molecule has 2 N–H and O–H groups in total. The summed E-state index contributed by atoms with van der Waals surface area (Å²) < 4.78 is 4.93. The van der Waals surface area contributed by atoms with E-state index in [0.717, 1.165) is 11.3 Å². The highest BCUT2D eigenvalue weighted by molar-refractivity contribution is 5.17. The molecule has 2 aromatic rings. The van der Waals surface area contributed by atoms with E-state index >= 15 is 0 Å². The second-order valence-corrected chi connectivity index (χ2v) is 3.54. The average molecular weight is 218 g/mol. The number of nitrogens with zero attached hydrogens (tertiary/aromatic N) is 1. The van der Waals surface area contributed by atoms with Crippen LogP contribution < -0.4 is 5.32 Å². The summed E-state index contributed by atoms with van der Waals surface area (Å²) in [5.41, 5.74) is 0.910. The number of aromatic nitrogens is 1. The molecule has 4 heteroatoms. The van der Waals surface area contributed by atoms with Gasteiger partial charge in [-0.15, -0.1) is 0 Å². The molecular weight excluding hydrogens is 204 g/mol. The number of aliphatic hydroxyl groups is 1. The zero-order valence-corrected chi connectivity index (χ0v) is 8.84. The molecule has 0 spiro atoms. The van der Waals surface area contributed by atoms with Gasteiger partial charge in [-0.25, -0.2) is 0 Å². The van der Waals surface area contributed by atoms with Crippen LogP contribution in [0, 0.1) is 0 Å². The van der Waals surface area contributed by atoms with Crippen LogP contribution in [0.1, 0.15) is 17.4 Å². The Bertz CT molecular complexity index is 400. The molecule has 0 amide bonds. The van der Waals surface area contributed by atoms with Crippen molar-refractivity contribution in [2.24, 2.45) is 0 Å². The number of hydrogen-bond acceptors (Lipinski definition) is 4. The van der Waals surface area contributed by atoms with Gasteiger partial charge in [0.05, 0.1) is 18.8 Å². The molecule has 2 rings (SSSR count). The van der Waals surface area contributed by atoms with E-state index in [-0.39, 0.29) is 0 Å². The van der Waals surface area contributed by atoms with Crippen molar-refractivity contribution in [2.75, 3.05) is 6.54 Å². The molecule has 0 fully saturated rings. The fraction of sp³-hybridized carbons (Fsp3) is 0.250. The van der Waals surface area contributed by atoms with E-state index in [1.165, 1.54) is 0 Å². The quantitative estimate of drug-likeness (QED) is 0.798. The van der Waals surface area contributed by atoms with Crippen molar-refractivity contribution in [1.82, 2.24) is 10.5 Å². The van der Waals surface area contributed by atoms with Gasteiger partial charge in [0, 0.05) is 12.6 Å². The Labute approximate surface area is 93.9 Å². The van der Waals surface area contributed by atoms with Gasteiger partial charge in [-0.2, -0.15) is 0 Å². The second kappa shape index (κ2) is 5.44. The van der Waals surface area contributed by atoms with E-state index < -0.39 is 6.10 Å². The summed E-state index contributed by atoms with van der Waals surface area (Å²) in [5, 5.41) is 16.5. The van der Waals surface area contributed by atoms with E-state index in [4.69, 9.17) is 4.52 Å². The van der Waals surface area contributed by atoms with Crippen molar-refractivity contribution in [3.63, 3.8) is 0 Å². The Balaban J connectivity index is 1.78. The molecule has 16 heavy (non-hydrogen) atoms. The van der Waals surface area contributed by atoms with Gasteiger partial charge in [0.2, 0.25) is 0 Å². The van der Waals surface area contributed by atoms with Crippen LogP contribution >= 0.6 is 0 Å². The van der Waals surface area contributed by atoms with Crippen LogP contribution in [0.5, 0.6) is 0 Å². The molecule has 1 atom stereocenters. The summed E-state index contributed by atoms with van der Waals surface area (Å²) in [6.45, 7) is 1.06. The SMILES string of the molecule is OC(CNCc1ccno1)c1ccccc1. The third-order valence-electron chi connectivity index (χ3n) is 2.31. The van der Waals surface area contributed by atoms with Crippen molar-refractivity contribution in [3.8, 4) is 0 Å². The molecule has 84 valence electrons. The molecule has 1 aromatic heterocycles. The fourth-order valence-electron chi connectivity index (χ4n) is 1.46. The van der Waals surface area contributed by atoms with E-state index in [0.29, 0.717) is 13.1 Å². The first kappa shape index (κ1) is 10.9. The molecule has 1 heterocycles. The van der Waals surface area contributed by atoms with Crippen molar-refractivity contribution in [3.05, 3.63) is 53.9 Å². The van der Waals surface area contributed by atoms with Crippen LogP contribution in [0.15, 0.2) is 47.1 Å². The molecule has 0 aliphatic carbocycles. The van der Waals surface area contributed by atoms with Crippen molar-refractivity contribution >= 4 is 0 Å². The molecular formula is C12H14N2O2. The van der Waals surface area contributed by atoms with E-state index in [2.05, 4.69) is 10.5 Å². The minimum atomic E-state index is -0.496. The molecule has 0 aliphatic heterocycles. The maximum absolute atomic E-state index is 9.84. The van der Waals surface area contributed by atoms with Crippen LogP contribution in [0.4, 0.5) is 0 Å². The van der Waals surface area contributed by atoms with E-state index in [1.807, 2.05) is 30.3 Å². The van der Waals surface area contributed by atoms with Gasteiger partial charge in [0.25, 0.3) is 0 Å². The molecule has 4 nitrogen and oxygen atoms in total. The van der Waals surface area contributed by atoms with Crippen LogP contribution in [0.25, 0.3) is 0 Å². The summed E-state index contributed by atoms with van der Waals surface area (Å²) in [6, 6.07) is 11.4. The lowest BCUT2D eigenvalue weighted by molar-refractivity contribution is 0.173. The summed E-state index contributed by atoms with van der Waals surface area (Å²) >= 11 is 0.